The highest BCUT2D eigenvalue weighted by atomic mass is 16.2. The molecule has 4 aromatic rings. The second-order valence-electron chi connectivity index (χ2n) is 11.8. The number of para-hydroxylation sites is 2. The molecule has 1 aliphatic heterocycles. The van der Waals surface area contributed by atoms with Gasteiger partial charge in [0.05, 0.1) is 11.6 Å². The van der Waals surface area contributed by atoms with E-state index in [0.717, 1.165) is 48.0 Å². The minimum Gasteiger partial charge on any atom is -0.361 e. The van der Waals surface area contributed by atoms with E-state index in [4.69, 9.17) is 10.7 Å². The average Bonchev–Trinajstić information content (AvgIpc) is 3.68. The lowest BCUT2D eigenvalue weighted by Gasteiger charge is -2.33. The van der Waals surface area contributed by atoms with Crippen LogP contribution in [-0.4, -0.2) is 51.0 Å². The van der Waals surface area contributed by atoms with Crippen LogP contribution in [0.4, 0.5) is 0 Å². The molecule has 0 spiro atoms. The summed E-state index contributed by atoms with van der Waals surface area (Å²) < 4.78 is 0. The number of carbonyl (C=O) groups is 1. The van der Waals surface area contributed by atoms with Gasteiger partial charge >= 0.3 is 0 Å². The number of hydrogen-bond acceptors (Lipinski definition) is 5. The number of hydrogen-bond donors (Lipinski definition) is 5. The van der Waals surface area contributed by atoms with Crippen LogP contribution in [0.5, 0.6) is 0 Å². The number of carbonyl (C=O) groups excluding carboxylic acids is 1. The van der Waals surface area contributed by atoms with Gasteiger partial charge in [-0.3, -0.25) is 9.79 Å². The van der Waals surface area contributed by atoms with E-state index in [1.807, 2.05) is 18.3 Å². The molecule has 0 aliphatic carbocycles. The van der Waals surface area contributed by atoms with E-state index in [0.29, 0.717) is 25.0 Å². The Morgan fingerprint density at radius 1 is 1.02 bits per heavy atom. The number of amides is 1. The number of nitrogens with zero attached hydrogens (tertiary/aromatic N) is 2. The molecule has 8 nitrogen and oxygen atoms in total. The molecular weight excluding hydrogens is 498 g/mol. The Labute approximate surface area is 236 Å². The first-order valence-corrected chi connectivity index (χ1v) is 14.5. The van der Waals surface area contributed by atoms with E-state index in [9.17, 15) is 4.79 Å². The summed E-state index contributed by atoms with van der Waals surface area (Å²) in [7, 11) is 0. The Balaban J connectivity index is 1.29. The number of H-pyrrole nitrogens is 2. The summed E-state index contributed by atoms with van der Waals surface area (Å²) in [4.78, 5) is 24.7. The number of fused-ring (bicyclic) bond motifs is 2. The Kier molecular flexibility index (Phi) is 8.28. The number of aromatic amines is 2. The van der Waals surface area contributed by atoms with E-state index < -0.39 is 5.54 Å². The van der Waals surface area contributed by atoms with Gasteiger partial charge in [0.1, 0.15) is 12.5 Å². The number of aliphatic imine (C=N–C) groups is 1. The summed E-state index contributed by atoms with van der Waals surface area (Å²) >= 11 is 0. The van der Waals surface area contributed by atoms with E-state index in [1.54, 1.807) is 13.8 Å². The van der Waals surface area contributed by atoms with Crippen molar-refractivity contribution < 1.29 is 4.79 Å². The number of aromatic nitrogens is 2. The maximum atomic E-state index is 13.0. The van der Waals surface area contributed by atoms with Gasteiger partial charge < -0.3 is 26.4 Å². The molecule has 6 N–H and O–H groups in total. The molecule has 2 aromatic carbocycles. The van der Waals surface area contributed by atoms with E-state index in [2.05, 4.69) is 82.2 Å². The first-order valence-electron chi connectivity index (χ1n) is 14.5. The van der Waals surface area contributed by atoms with E-state index >= 15 is 0 Å². The van der Waals surface area contributed by atoms with Gasteiger partial charge in [0.25, 0.3) is 0 Å². The van der Waals surface area contributed by atoms with Gasteiger partial charge in [-0.05, 0) is 62.3 Å². The largest absolute Gasteiger partial charge is 0.361 e. The zero-order valence-corrected chi connectivity index (χ0v) is 24.1. The quantitative estimate of drug-likeness (QED) is 0.173. The molecule has 0 radical (unpaired) electrons. The fraction of sp³-hybridized carbons (Fsp3) is 0.438. The fourth-order valence-electron chi connectivity index (χ4n) is 5.78. The fourth-order valence-corrected chi connectivity index (χ4v) is 5.78. The van der Waals surface area contributed by atoms with Crippen LogP contribution in [-0.2, 0) is 17.6 Å². The minimum absolute atomic E-state index is 0.197. The van der Waals surface area contributed by atoms with Gasteiger partial charge in [0.15, 0.2) is 0 Å². The normalized spacial score (nSPS) is 16.6. The molecule has 0 saturated carbocycles. The molecule has 212 valence electrons. The molecule has 1 aliphatic rings. The zero-order chi connectivity index (χ0) is 28.3. The third-order valence-electron chi connectivity index (χ3n) is 8.16. The summed E-state index contributed by atoms with van der Waals surface area (Å²) in [6.45, 7) is 8.60. The van der Waals surface area contributed by atoms with Crippen LogP contribution < -0.4 is 16.5 Å². The summed E-state index contributed by atoms with van der Waals surface area (Å²) in [6, 6.07) is 16.7. The molecule has 2 aromatic heterocycles. The summed E-state index contributed by atoms with van der Waals surface area (Å²) in [6.07, 6.45) is 9.05. The number of rotatable bonds is 12. The van der Waals surface area contributed by atoms with Crippen molar-refractivity contribution >= 4 is 33.5 Å². The van der Waals surface area contributed by atoms with Crippen molar-refractivity contribution in [1.29, 1.82) is 0 Å². The second kappa shape index (κ2) is 11.9. The maximum Gasteiger partial charge on any atom is 0.240 e. The molecule has 5 rings (SSSR count). The lowest BCUT2D eigenvalue weighted by atomic mass is 9.91. The molecule has 8 heteroatoms. The molecular formula is C32H43N7O. The topological polar surface area (TPSA) is 114 Å². The highest BCUT2D eigenvalue weighted by molar-refractivity contribution is 5.95. The van der Waals surface area contributed by atoms with Crippen molar-refractivity contribution in [3.63, 3.8) is 0 Å². The summed E-state index contributed by atoms with van der Waals surface area (Å²) in [5, 5.41) is 7.91. The average molecular weight is 542 g/mol. The number of benzene rings is 2. The first kappa shape index (κ1) is 27.9. The highest BCUT2D eigenvalue weighted by Gasteiger charge is 2.33. The molecule has 0 fully saturated rings. The van der Waals surface area contributed by atoms with Crippen LogP contribution in [0.15, 0.2) is 65.9 Å². The maximum absolute atomic E-state index is 13.0. The predicted octanol–water partition coefficient (Wildman–Crippen LogP) is 5.03. The Morgan fingerprint density at radius 2 is 1.65 bits per heavy atom. The highest BCUT2D eigenvalue weighted by Crippen LogP contribution is 2.26. The number of aryl methyl sites for hydroxylation is 1. The predicted molar refractivity (Wildman–Crippen MR) is 164 cm³/mol. The van der Waals surface area contributed by atoms with Crippen LogP contribution in [0.25, 0.3) is 21.8 Å². The van der Waals surface area contributed by atoms with Crippen LogP contribution in [0.2, 0.25) is 0 Å². The van der Waals surface area contributed by atoms with Crippen molar-refractivity contribution in [2.45, 2.75) is 77.4 Å². The van der Waals surface area contributed by atoms with Gasteiger partial charge in [-0.2, -0.15) is 5.01 Å². The third kappa shape index (κ3) is 6.08. The molecule has 0 saturated heterocycles. The summed E-state index contributed by atoms with van der Waals surface area (Å²) in [5.41, 5.74) is 13.6. The molecule has 40 heavy (non-hydrogen) atoms. The van der Waals surface area contributed by atoms with Gasteiger partial charge in [-0.25, -0.2) is 0 Å². The van der Waals surface area contributed by atoms with Crippen LogP contribution >= 0.6 is 0 Å². The lowest BCUT2D eigenvalue weighted by Crippen LogP contribution is -2.57. The van der Waals surface area contributed by atoms with Crippen molar-refractivity contribution in [3.05, 3.63) is 72.1 Å². The third-order valence-corrected chi connectivity index (χ3v) is 8.16. The van der Waals surface area contributed by atoms with Gasteiger partial charge in [0.2, 0.25) is 5.91 Å². The number of nitrogens with one attached hydrogen (secondary N) is 4. The lowest BCUT2D eigenvalue weighted by molar-refractivity contribution is -0.125. The van der Waals surface area contributed by atoms with Crippen molar-refractivity contribution in [2.75, 3.05) is 6.67 Å². The van der Waals surface area contributed by atoms with E-state index in [1.165, 1.54) is 16.5 Å². The summed E-state index contributed by atoms with van der Waals surface area (Å²) in [5.74, 6) is 1.05. The standard InChI is InChI=1S/C32H43N7O/c1-5-10-29(21(2)15-16-22-18-34-26-13-8-6-11-24(22)26)39-20-36-30(38-39)28(37-31(40)32(3,4)33)17-23-19-35-27-14-9-7-12-25(23)27/h6-9,11-14,18-19,21,28-29,34-35H,5,10,15-17,20,33H2,1-4H3,(H,36,38)(H,37,40)/t21?,28?,29-/m1/s1. The molecule has 0 bridgehead atoms. The van der Waals surface area contributed by atoms with Gasteiger partial charge in [0, 0.05) is 46.7 Å². The second-order valence-corrected chi connectivity index (χ2v) is 11.8. The Morgan fingerprint density at radius 3 is 2.30 bits per heavy atom. The number of nitrogens with two attached hydrogens (primary N) is 1. The minimum atomic E-state index is -0.987. The monoisotopic (exact) mass is 541 g/mol. The van der Waals surface area contributed by atoms with Crippen LogP contribution in [0, 0.1) is 5.92 Å². The van der Waals surface area contributed by atoms with Gasteiger partial charge in [-0.1, -0.05) is 56.7 Å². The van der Waals surface area contributed by atoms with Crippen LogP contribution in [0.3, 0.4) is 0 Å². The number of amidine groups is 1. The van der Waals surface area contributed by atoms with Gasteiger partial charge in [-0.15, -0.1) is 0 Å². The van der Waals surface area contributed by atoms with Crippen molar-refractivity contribution in [1.82, 2.24) is 25.7 Å². The molecule has 2 unspecified atom stereocenters. The smallest absolute Gasteiger partial charge is 0.240 e. The van der Waals surface area contributed by atoms with Crippen molar-refractivity contribution in [2.24, 2.45) is 16.6 Å². The number of hydrazine groups is 1. The Hall–Kier alpha value is -3.62. The Bertz CT molecular complexity index is 1480. The zero-order valence-electron chi connectivity index (χ0n) is 24.1. The SMILES string of the molecule is CCC[C@H](C(C)CCc1c[nH]c2ccccc12)N1CN=C(C(Cc2c[nH]c3ccccc23)NC(=O)C(C)(C)N)N1. The molecule has 3 atom stereocenters. The first-order chi connectivity index (χ1) is 19.2. The van der Waals surface area contributed by atoms with E-state index in [-0.39, 0.29) is 11.9 Å². The van der Waals surface area contributed by atoms with Crippen LogP contribution in [0.1, 0.15) is 58.1 Å². The molecule has 3 heterocycles. The molecule has 1 amide bonds. The van der Waals surface area contributed by atoms with Crippen molar-refractivity contribution in [3.8, 4) is 0 Å².